The van der Waals surface area contributed by atoms with Crippen molar-refractivity contribution in [1.82, 2.24) is 0 Å². The molecule has 1 N–H and O–H groups in total. The summed E-state index contributed by atoms with van der Waals surface area (Å²) >= 11 is 3.32. The third kappa shape index (κ3) is 4.03. The molecule has 0 heterocycles. The molecule has 2 aromatic rings. The summed E-state index contributed by atoms with van der Waals surface area (Å²) in [6.45, 7) is 2.45. The zero-order chi connectivity index (χ0) is 17.7. The highest BCUT2D eigenvalue weighted by molar-refractivity contribution is 9.10. The molecule has 0 aliphatic carbocycles. The number of benzene rings is 2. The molecular formula is C17H16BrF2NO3. The Bertz CT molecular complexity index is 733. The summed E-state index contributed by atoms with van der Waals surface area (Å²) in [4.78, 5) is 12.3. The lowest BCUT2D eigenvalue weighted by Crippen LogP contribution is -2.15. The number of methoxy groups -OCH3 is 1. The fourth-order valence-electron chi connectivity index (χ4n) is 2.00. The highest BCUT2D eigenvalue weighted by atomic mass is 79.9. The molecular weight excluding hydrogens is 384 g/mol. The van der Waals surface area contributed by atoms with Crippen LogP contribution >= 0.6 is 15.9 Å². The summed E-state index contributed by atoms with van der Waals surface area (Å²) in [5.41, 5.74) is -0.325. The first kappa shape index (κ1) is 18.2. The number of ether oxygens (including phenoxy) is 2. The van der Waals surface area contributed by atoms with Crippen LogP contribution in [0.15, 0.2) is 34.8 Å². The molecule has 0 fully saturated rings. The molecule has 0 spiro atoms. The first-order valence-corrected chi connectivity index (χ1v) is 8.03. The van der Waals surface area contributed by atoms with E-state index in [2.05, 4.69) is 21.2 Å². The molecule has 0 radical (unpaired) electrons. The van der Waals surface area contributed by atoms with Gasteiger partial charge in [0, 0.05) is 5.56 Å². The summed E-state index contributed by atoms with van der Waals surface area (Å²) in [7, 11) is 1.44. The number of carbonyl (C=O) groups excluding carboxylic acids is 1. The van der Waals surface area contributed by atoms with Gasteiger partial charge in [-0.05, 0) is 46.6 Å². The Hall–Kier alpha value is -2.15. The topological polar surface area (TPSA) is 47.6 Å². The van der Waals surface area contributed by atoms with Gasteiger partial charge in [0.05, 0.1) is 18.2 Å². The van der Waals surface area contributed by atoms with E-state index in [4.69, 9.17) is 9.47 Å². The Labute approximate surface area is 146 Å². The molecule has 7 heteroatoms. The quantitative estimate of drug-likeness (QED) is 0.760. The maximum absolute atomic E-state index is 13.6. The lowest BCUT2D eigenvalue weighted by Gasteiger charge is -2.14. The molecule has 4 nitrogen and oxygen atoms in total. The van der Waals surface area contributed by atoms with E-state index >= 15 is 0 Å². The third-order valence-corrected chi connectivity index (χ3v) is 3.73. The highest BCUT2D eigenvalue weighted by Gasteiger charge is 2.18. The van der Waals surface area contributed by atoms with Crippen molar-refractivity contribution >= 4 is 27.5 Å². The van der Waals surface area contributed by atoms with Gasteiger partial charge in [0.25, 0.3) is 5.91 Å². The number of amides is 1. The predicted octanol–water partition coefficient (Wildman–Crippen LogP) is 4.78. The monoisotopic (exact) mass is 399 g/mol. The van der Waals surface area contributed by atoms with Crippen LogP contribution in [0.3, 0.4) is 0 Å². The van der Waals surface area contributed by atoms with Crippen LogP contribution in [-0.4, -0.2) is 19.6 Å². The van der Waals surface area contributed by atoms with Gasteiger partial charge in [0.2, 0.25) is 0 Å². The number of halogens is 3. The molecule has 0 aromatic heterocycles. The van der Waals surface area contributed by atoms with Crippen LogP contribution in [-0.2, 0) is 0 Å². The molecule has 0 atom stereocenters. The minimum atomic E-state index is -0.850. The Morgan fingerprint density at radius 3 is 2.50 bits per heavy atom. The average Bonchev–Trinajstić information content (AvgIpc) is 2.56. The van der Waals surface area contributed by atoms with E-state index in [0.29, 0.717) is 22.6 Å². The minimum absolute atomic E-state index is 0.172. The summed E-state index contributed by atoms with van der Waals surface area (Å²) in [6, 6.07) is 6.30. The van der Waals surface area contributed by atoms with Crippen molar-refractivity contribution in [3.05, 3.63) is 52.0 Å². The number of hydrogen-bond donors (Lipinski definition) is 1. The van der Waals surface area contributed by atoms with E-state index in [1.54, 1.807) is 0 Å². The molecule has 0 aliphatic heterocycles. The molecule has 24 heavy (non-hydrogen) atoms. The Morgan fingerprint density at radius 2 is 1.92 bits per heavy atom. The zero-order valence-corrected chi connectivity index (χ0v) is 14.7. The van der Waals surface area contributed by atoms with Gasteiger partial charge in [0.1, 0.15) is 17.3 Å². The van der Waals surface area contributed by atoms with E-state index in [9.17, 15) is 13.6 Å². The second-order valence-corrected chi connectivity index (χ2v) is 5.74. The van der Waals surface area contributed by atoms with Gasteiger partial charge in [-0.3, -0.25) is 4.79 Å². The summed E-state index contributed by atoms with van der Waals surface area (Å²) in [6.07, 6.45) is 0.810. The van der Waals surface area contributed by atoms with Gasteiger partial charge in [0.15, 0.2) is 11.5 Å². The summed E-state index contributed by atoms with van der Waals surface area (Å²) < 4.78 is 38.6. The van der Waals surface area contributed by atoms with Crippen LogP contribution in [0.4, 0.5) is 14.5 Å². The number of carbonyl (C=O) groups is 1. The first-order chi connectivity index (χ1) is 11.5. The van der Waals surface area contributed by atoms with Crippen LogP contribution in [0, 0.1) is 11.6 Å². The van der Waals surface area contributed by atoms with Gasteiger partial charge >= 0.3 is 0 Å². The maximum atomic E-state index is 13.6. The van der Waals surface area contributed by atoms with E-state index in [1.165, 1.54) is 25.3 Å². The van der Waals surface area contributed by atoms with E-state index in [-0.39, 0.29) is 5.56 Å². The van der Waals surface area contributed by atoms with Crippen LogP contribution in [0.25, 0.3) is 0 Å². The van der Waals surface area contributed by atoms with Crippen molar-refractivity contribution in [2.75, 3.05) is 19.0 Å². The second kappa shape index (κ2) is 8.10. The van der Waals surface area contributed by atoms with Gasteiger partial charge in [-0.1, -0.05) is 13.0 Å². The fraction of sp³-hybridized carbons (Fsp3) is 0.235. The lowest BCUT2D eigenvalue weighted by atomic mass is 10.1. The molecule has 0 unspecified atom stereocenters. The summed E-state index contributed by atoms with van der Waals surface area (Å²) in [5, 5.41) is 2.23. The van der Waals surface area contributed by atoms with E-state index in [1.807, 2.05) is 6.92 Å². The molecule has 2 aromatic carbocycles. The van der Waals surface area contributed by atoms with Crippen LogP contribution in [0.5, 0.6) is 11.5 Å². The minimum Gasteiger partial charge on any atom is -0.493 e. The van der Waals surface area contributed by atoms with Gasteiger partial charge in [-0.2, -0.15) is 0 Å². The molecule has 0 saturated heterocycles. The molecule has 0 saturated carbocycles. The SMILES string of the molecule is CCCOc1c(Br)cc(C(=O)Nc2c(F)cccc2F)cc1OC. The van der Waals surface area contributed by atoms with Crippen molar-refractivity contribution in [3.63, 3.8) is 0 Å². The Balaban J connectivity index is 2.31. The highest BCUT2D eigenvalue weighted by Crippen LogP contribution is 2.37. The second-order valence-electron chi connectivity index (χ2n) is 4.89. The van der Waals surface area contributed by atoms with Crippen molar-refractivity contribution in [2.24, 2.45) is 0 Å². The molecule has 0 aliphatic rings. The number of rotatable bonds is 6. The molecule has 1 amide bonds. The number of hydrogen-bond acceptors (Lipinski definition) is 3. The zero-order valence-electron chi connectivity index (χ0n) is 13.2. The van der Waals surface area contributed by atoms with Gasteiger partial charge < -0.3 is 14.8 Å². The number of para-hydroxylation sites is 1. The Kier molecular flexibility index (Phi) is 6.14. The van der Waals surface area contributed by atoms with Crippen molar-refractivity contribution in [2.45, 2.75) is 13.3 Å². The predicted molar refractivity (Wildman–Crippen MR) is 90.8 cm³/mol. The van der Waals surface area contributed by atoms with Crippen LogP contribution in [0.1, 0.15) is 23.7 Å². The number of nitrogens with one attached hydrogen (secondary N) is 1. The number of anilines is 1. The Morgan fingerprint density at radius 1 is 1.25 bits per heavy atom. The molecule has 128 valence electrons. The third-order valence-electron chi connectivity index (χ3n) is 3.14. The first-order valence-electron chi connectivity index (χ1n) is 7.23. The van der Waals surface area contributed by atoms with E-state index in [0.717, 1.165) is 18.6 Å². The standard InChI is InChI=1S/C17H16BrF2NO3/c1-3-7-24-16-11(18)8-10(9-14(16)23-2)17(22)21-15-12(19)5-4-6-13(15)20/h4-6,8-9H,3,7H2,1-2H3,(H,21,22). The van der Waals surface area contributed by atoms with Crippen molar-refractivity contribution < 1.29 is 23.0 Å². The normalized spacial score (nSPS) is 10.4. The van der Waals surface area contributed by atoms with Crippen LogP contribution < -0.4 is 14.8 Å². The van der Waals surface area contributed by atoms with Crippen LogP contribution in [0.2, 0.25) is 0 Å². The molecule has 2 rings (SSSR count). The summed E-state index contributed by atoms with van der Waals surface area (Å²) in [5.74, 6) is -1.56. The molecule has 0 bridgehead atoms. The maximum Gasteiger partial charge on any atom is 0.255 e. The lowest BCUT2D eigenvalue weighted by molar-refractivity contribution is 0.102. The largest absolute Gasteiger partial charge is 0.493 e. The fourth-order valence-corrected chi connectivity index (χ4v) is 2.55. The van der Waals surface area contributed by atoms with Gasteiger partial charge in [-0.15, -0.1) is 0 Å². The average molecular weight is 400 g/mol. The van der Waals surface area contributed by atoms with Crippen molar-refractivity contribution in [1.29, 1.82) is 0 Å². The van der Waals surface area contributed by atoms with E-state index < -0.39 is 23.2 Å². The van der Waals surface area contributed by atoms with Gasteiger partial charge in [-0.25, -0.2) is 8.78 Å². The smallest absolute Gasteiger partial charge is 0.255 e. The van der Waals surface area contributed by atoms with Crippen molar-refractivity contribution in [3.8, 4) is 11.5 Å².